The van der Waals surface area contributed by atoms with Crippen molar-refractivity contribution in [1.82, 2.24) is 4.31 Å². The summed E-state index contributed by atoms with van der Waals surface area (Å²) in [4.78, 5) is 12.3. The topological polar surface area (TPSA) is 72.9 Å². The highest BCUT2D eigenvalue weighted by atomic mass is 79.9. The van der Waals surface area contributed by atoms with Crippen LogP contribution in [0.3, 0.4) is 0 Å². The van der Waals surface area contributed by atoms with E-state index in [-0.39, 0.29) is 26.1 Å². The molecule has 1 fully saturated rings. The molecule has 1 saturated heterocycles. The summed E-state index contributed by atoms with van der Waals surface area (Å²) in [6, 6.07) is 1.61. The summed E-state index contributed by atoms with van der Waals surface area (Å²) in [7, 11) is -2.27. The highest BCUT2D eigenvalue weighted by Gasteiger charge is 2.33. The van der Waals surface area contributed by atoms with Crippen molar-refractivity contribution in [3.8, 4) is 0 Å². The lowest BCUT2D eigenvalue weighted by molar-refractivity contribution is -0.145. The molecule has 1 aliphatic rings. The Bertz CT molecular complexity index is 628. The standard InChI is InChI=1S/C12H16BrNO5S2/c1-8-10(6-11(13)20-8)21(16,17)14-3-4-19-9(7-14)5-12(15)18-2/h6,9H,3-5,7H2,1-2H3. The van der Waals surface area contributed by atoms with E-state index in [0.717, 1.165) is 8.66 Å². The maximum atomic E-state index is 12.7. The number of sulfonamides is 1. The second kappa shape index (κ2) is 6.74. The third-order valence-corrected chi connectivity index (χ3v) is 6.86. The zero-order valence-corrected chi connectivity index (χ0v) is 14.9. The molecule has 9 heteroatoms. The number of halogens is 1. The number of morpholine rings is 1. The minimum Gasteiger partial charge on any atom is -0.469 e. The fourth-order valence-electron chi connectivity index (χ4n) is 2.13. The van der Waals surface area contributed by atoms with E-state index < -0.39 is 22.1 Å². The van der Waals surface area contributed by atoms with Crippen molar-refractivity contribution >= 4 is 43.3 Å². The van der Waals surface area contributed by atoms with Crippen LogP contribution in [0.2, 0.25) is 0 Å². The molecule has 0 N–H and O–H groups in total. The number of aryl methyl sites for hydroxylation is 1. The summed E-state index contributed by atoms with van der Waals surface area (Å²) in [5, 5.41) is 0. The van der Waals surface area contributed by atoms with E-state index in [0.29, 0.717) is 4.90 Å². The molecule has 0 saturated carbocycles. The van der Waals surface area contributed by atoms with Crippen molar-refractivity contribution in [2.24, 2.45) is 0 Å². The van der Waals surface area contributed by atoms with E-state index >= 15 is 0 Å². The Morgan fingerprint density at radius 2 is 2.33 bits per heavy atom. The molecule has 2 heterocycles. The summed E-state index contributed by atoms with van der Waals surface area (Å²) in [6.45, 7) is 2.48. The maximum Gasteiger partial charge on any atom is 0.308 e. The number of thiophene rings is 1. The molecule has 6 nitrogen and oxygen atoms in total. The van der Waals surface area contributed by atoms with Gasteiger partial charge in [-0.2, -0.15) is 4.31 Å². The van der Waals surface area contributed by atoms with Gasteiger partial charge in [0.05, 0.1) is 34.9 Å². The van der Waals surface area contributed by atoms with Gasteiger partial charge >= 0.3 is 5.97 Å². The number of carbonyl (C=O) groups excluding carboxylic acids is 1. The molecular weight excluding hydrogens is 382 g/mol. The van der Waals surface area contributed by atoms with Crippen molar-refractivity contribution in [3.63, 3.8) is 0 Å². The Balaban J connectivity index is 2.16. The second-order valence-electron chi connectivity index (χ2n) is 4.61. The van der Waals surface area contributed by atoms with Gasteiger partial charge in [-0.15, -0.1) is 11.3 Å². The van der Waals surface area contributed by atoms with E-state index in [1.165, 1.54) is 22.8 Å². The average molecular weight is 398 g/mol. The Hall–Kier alpha value is -0.480. The van der Waals surface area contributed by atoms with Gasteiger partial charge < -0.3 is 9.47 Å². The highest BCUT2D eigenvalue weighted by Crippen LogP contribution is 2.32. The largest absolute Gasteiger partial charge is 0.469 e. The predicted octanol–water partition coefficient (Wildman–Crippen LogP) is 1.77. The summed E-state index contributed by atoms with van der Waals surface area (Å²) in [5.74, 6) is -0.409. The third-order valence-electron chi connectivity index (χ3n) is 3.18. The fourth-order valence-corrected chi connectivity index (χ4v) is 5.97. The molecule has 2 rings (SSSR count). The molecule has 0 aliphatic carbocycles. The van der Waals surface area contributed by atoms with Crippen molar-refractivity contribution in [2.75, 3.05) is 26.8 Å². The molecule has 0 amide bonds. The van der Waals surface area contributed by atoms with Crippen LogP contribution in [0.5, 0.6) is 0 Å². The quantitative estimate of drug-likeness (QED) is 0.723. The number of hydrogen-bond acceptors (Lipinski definition) is 6. The van der Waals surface area contributed by atoms with Crippen LogP contribution in [0.4, 0.5) is 0 Å². The van der Waals surface area contributed by atoms with Crippen molar-refractivity contribution in [1.29, 1.82) is 0 Å². The van der Waals surface area contributed by atoms with Crippen molar-refractivity contribution < 1.29 is 22.7 Å². The number of ether oxygens (including phenoxy) is 2. The Labute approximate surface area is 136 Å². The van der Waals surface area contributed by atoms with E-state index in [9.17, 15) is 13.2 Å². The van der Waals surface area contributed by atoms with Gasteiger partial charge in [0.2, 0.25) is 10.0 Å². The molecular formula is C12H16BrNO5S2. The molecule has 21 heavy (non-hydrogen) atoms. The SMILES string of the molecule is COC(=O)CC1CN(S(=O)(=O)c2cc(Br)sc2C)CCO1. The van der Waals surface area contributed by atoms with Gasteiger partial charge in [0, 0.05) is 18.0 Å². The zero-order valence-electron chi connectivity index (χ0n) is 11.7. The molecule has 1 unspecified atom stereocenters. The van der Waals surface area contributed by atoms with Gasteiger partial charge in [-0.05, 0) is 28.9 Å². The van der Waals surface area contributed by atoms with Gasteiger partial charge in [0.1, 0.15) is 0 Å². The lowest BCUT2D eigenvalue weighted by Gasteiger charge is -2.31. The summed E-state index contributed by atoms with van der Waals surface area (Å²) < 4.78 is 37.5. The van der Waals surface area contributed by atoms with Crippen LogP contribution in [0.25, 0.3) is 0 Å². The first-order valence-corrected chi connectivity index (χ1v) is 9.34. The molecule has 1 aliphatic heterocycles. The van der Waals surface area contributed by atoms with Crippen LogP contribution in [-0.4, -0.2) is 51.6 Å². The number of nitrogens with zero attached hydrogens (tertiary/aromatic N) is 1. The van der Waals surface area contributed by atoms with Gasteiger partial charge in [-0.1, -0.05) is 0 Å². The summed E-state index contributed by atoms with van der Waals surface area (Å²) in [6.07, 6.45) is -0.419. The van der Waals surface area contributed by atoms with E-state index in [1.807, 2.05) is 0 Å². The first-order valence-electron chi connectivity index (χ1n) is 6.29. The van der Waals surface area contributed by atoms with E-state index in [1.54, 1.807) is 13.0 Å². The van der Waals surface area contributed by atoms with E-state index in [2.05, 4.69) is 20.7 Å². The summed E-state index contributed by atoms with van der Waals surface area (Å²) in [5.41, 5.74) is 0. The molecule has 1 aromatic heterocycles. The van der Waals surface area contributed by atoms with Gasteiger partial charge in [0.15, 0.2) is 0 Å². The van der Waals surface area contributed by atoms with Crippen LogP contribution in [0.1, 0.15) is 11.3 Å². The average Bonchev–Trinajstić information content (AvgIpc) is 2.78. The van der Waals surface area contributed by atoms with Crippen LogP contribution >= 0.6 is 27.3 Å². The number of hydrogen-bond donors (Lipinski definition) is 0. The minimum atomic E-state index is -3.57. The number of esters is 1. The summed E-state index contributed by atoms with van der Waals surface area (Å²) >= 11 is 4.68. The highest BCUT2D eigenvalue weighted by molar-refractivity contribution is 9.11. The van der Waals surface area contributed by atoms with Crippen molar-refractivity contribution in [3.05, 3.63) is 14.7 Å². The second-order valence-corrected chi connectivity index (χ2v) is 9.15. The lowest BCUT2D eigenvalue weighted by atomic mass is 10.2. The zero-order chi connectivity index (χ0) is 15.6. The van der Waals surface area contributed by atoms with Gasteiger partial charge in [-0.25, -0.2) is 8.42 Å². The van der Waals surface area contributed by atoms with Gasteiger partial charge in [-0.3, -0.25) is 4.79 Å². The monoisotopic (exact) mass is 397 g/mol. The number of rotatable bonds is 4. The molecule has 1 atom stereocenters. The molecule has 0 aromatic carbocycles. The first kappa shape index (κ1) is 16.9. The molecule has 118 valence electrons. The Kier molecular flexibility index (Phi) is 5.42. The third kappa shape index (κ3) is 3.84. The molecule has 1 aromatic rings. The van der Waals surface area contributed by atoms with Crippen LogP contribution in [-0.2, 0) is 24.3 Å². The Morgan fingerprint density at radius 1 is 1.62 bits per heavy atom. The smallest absolute Gasteiger partial charge is 0.308 e. The first-order chi connectivity index (χ1) is 9.84. The normalized spacial score (nSPS) is 20.4. The predicted molar refractivity (Wildman–Crippen MR) is 81.9 cm³/mol. The molecule has 0 bridgehead atoms. The van der Waals surface area contributed by atoms with Crippen LogP contribution in [0, 0.1) is 6.92 Å². The molecule has 0 radical (unpaired) electrons. The van der Waals surface area contributed by atoms with Crippen LogP contribution in [0.15, 0.2) is 14.7 Å². The van der Waals surface area contributed by atoms with Crippen molar-refractivity contribution in [2.45, 2.75) is 24.3 Å². The number of methoxy groups -OCH3 is 1. The lowest BCUT2D eigenvalue weighted by Crippen LogP contribution is -2.46. The fraction of sp³-hybridized carbons (Fsp3) is 0.583. The minimum absolute atomic E-state index is 0.0504. The maximum absolute atomic E-state index is 12.7. The van der Waals surface area contributed by atoms with Gasteiger partial charge in [0.25, 0.3) is 0 Å². The van der Waals surface area contributed by atoms with Crippen LogP contribution < -0.4 is 0 Å². The Morgan fingerprint density at radius 3 is 2.90 bits per heavy atom. The molecule has 0 spiro atoms. The number of carbonyl (C=O) groups is 1. The van der Waals surface area contributed by atoms with E-state index in [4.69, 9.17) is 4.74 Å².